The van der Waals surface area contributed by atoms with Crippen molar-refractivity contribution in [2.45, 2.75) is 62.8 Å². The monoisotopic (exact) mass is 426 g/mol. The summed E-state index contributed by atoms with van der Waals surface area (Å²) in [7, 11) is 0. The van der Waals surface area contributed by atoms with Gasteiger partial charge in [0.15, 0.2) is 10.3 Å². The second kappa shape index (κ2) is 9.13. The molecule has 1 unspecified atom stereocenters. The number of rotatable bonds is 7. The van der Waals surface area contributed by atoms with Crippen molar-refractivity contribution in [2.75, 3.05) is 5.32 Å². The molecule has 29 heavy (non-hydrogen) atoms. The molecular formula is C22H26N4OS2. The van der Waals surface area contributed by atoms with E-state index in [0.717, 1.165) is 47.4 Å². The van der Waals surface area contributed by atoms with E-state index >= 15 is 0 Å². The Morgan fingerprint density at radius 2 is 2.03 bits per heavy atom. The highest BCUT2D eigenvalue weighted by molar-refractivity contribution is 8.00. The average molecular weight is 427 g/mol. The van der Waals surface area contributed by atoms with E-state index in [9.17, 15) is 4.79 Å². The molecule has 152 valence electrons. The summed E-state index contributed by atoms with van der Waals surface area (Å²) in [5.74, 6) is 0.00209. The molecule has 0 saturated carbocycles. The Labute approximate surface area is 179 Å². The summed E-state index contributed by atoms with van der Waals surface area (Å²) in [6, 6.07) is 10.3. The lowest BCUT2D eigenvalue weighted by atomic mass is 10.0. The number of aromatic amines is 1. The predicted octanol–water partition coefficient (Wildman–Crippen LogP) is 5.15. The third kappa shape index (κ3) is 4.90. The van der Waals surface area contributed by atoms with Gasteiger partial charge in [0.05, 0.1) is 16.6 Å². The van der Waals surface area contributed by atoms with Crippen LogP contribution in [-0.2, 0) is 24.1 Å². The van der Waals surface area contributed by atoms with Crippen molar-refractivity contribution in [3.05, 3.63) is 57.9 Å². The fraction of sp³-hybridized carbons (Fsp3) is 0.409. The van der Waals surface area contributed by atoms with Crippen LogP contribution in [0.5, 0.6) is 0 Å². The minimum absolute atomic E-state index is 0.00209. The Morgan fingerprint density at radius 1 is 1.24 bits per heavy atom. The molecule has 1 aliphatic rings. The van der Waals surface area contributed by atoms with Gasteiger partial charge >= 0.3 is 0 Å². The zero-order valence-electron chi connectivity index (χ0n) is 16.8. The highest BCUT2D eigenvalue weighted by atomic mass is 32.2. The number of thioether (sulfide) groups is 1. The lowest BCUT2D eigenvalue weighted by Crippen LogP contribution is -2.24. The molecule has 0 fully saturated rings. The van der Waals surface area contributed by atoms with Gasteiger partial charge in [0, 0.05) is 17.0 Å². The van der Waals surface area contributed by atoms with Crippen molar-refractivity contribution in [1.82, 2.24) is 15.0 Å². The smallest absolute Gasteiger partial charge is 0.239 e. The molecule has 0 aliphatic heterocycles. The molecule has 4 rings (SSSR count). The number of benzene rings is 1. The molecule has 1 atom stereocenters. The summed E-state index contributed by atoms with van der Waals surface area (Å²) in [6.45, 7) is 4.07. The number of imidazole rings is 1. The van der Waals surface area contributed by atoms with Crippen LogP contribution < -0.4 is 5.32 Å². The third-order valence-corrected chi connectivity index (χ3v) is 7.49. The van der Waals surface area contributed by atoms with Crippen LogP contribution in [0.15, 0.2) is 35.5 Å². The molecule has 3 aromatic rings. The van der Waals surface area contributed by atoms with Gasteiger partial charge in [0.25, 0.3) is 0 Å². The maximum absolute atomic E-state index is 12.8. The Bertz CT molecular complexity index is 957. The summed E-state index contributed by atoms with van der Waals surface area (Å²) in [6.07, 6.45) is 6.06. The number of hydrogen-bond donors (Lipinski definition) is 2. The Morgan fingerprint density at radius 3 is 2.79 bits per heavy atom. The van der Waals surface area contributed by atoms with Crippen molar-refractivity contribution in [3.8, 4) is 0 Å². The van der Waals surface area contributed by atoms with Crippen LogP contribution in [-0.4, -0.2) is 26.1 Å². The highest BCUT2D eigenvalue weighted by Crippen LogP contribution is 2.31. The van der Waals surface area contributed by atoms with Crippen molar-refractivity contribution in [1.29, 1.82) is 0 Å². The number of hydrogen-bond acceptors (Lipinski definition) is 5. The van der Waals surface area contributed by atoms with Crippen LogP contribution in [0.4, 0.5) is 5.13 Å². The Hall–Kier alpha value is -2.12. The molecule has 1 aliphatic carbocycles. The van der Waals surface area contributed by atoms with Crippen molar-refractivity contribution in [2.24, 2.45) is 0 Å². The molecule has 1 amide bonds. The molecule has 7 heteroatoms. The van der Waals surface area contributed by atoms with Crippen LogP contribution in [0, 0.1) is 6.92 Å². The first-order chi connectivity index (χ1) is 14.1. The van der Waals surface area contributed by atoms with Gasteiger partial charge in [0.2, 0.25) is 5.91 Å². The van der Waals surface area contributed by atoms with Gasteiger partial charge in [0.1, 0.15) is 0 Å². The van der Waals surface area contributed by atoms with Gasteiger partial charge in [-0.3, -0.25) is 4.79 Å². The highest BCUT2D eigenvalue weighted by Gasteiger charge is 2.23. The minimum atomic E-state index is -0.203. The normalized spacial score (nSPS) is 14.4. The lowest BCUT2D eigenvalue weighted by molar-refractivity contribution is -0.115. The molecule has 2 N–H and O–H groups in total. The minimum Gasteiger partial charge on any atom is -0.337 e. The second-order valence-electron chi connectivity index (χ2n) is 7.38. The summed E-state index contributed by atoms with van der Waals surface area (Å²) >= 11 is 3.12. The Balaban J connectivity index is 1.41. The quantitative estimate of drug-likeness (QED) is 0.512. The first-order valence-corrected chi connectivity index (χ1v) is 11.9. The van der Waals surface area contributed by atoms with Crippen LogP contribution >= 0.6 is 23.1 Å². The van der Waals surface area contributed by atoms with Crippen molar-refractivity contribution < 1.29 is 4.79 Å². The maximum atomic E-state index is 12.8. The zero-order valence-corrected chi connectivity index (χ0v) is 18.5. The average Bonchev–Trinajstić information content (AvgIpc) is 3.29. The summed E-state index contributed by atoms with van der Waals surface area (Å²) in [4.78, 5) is 26.9. The van der Waals surface area contributed by atoms with E-state index in [1.165, 1.54) is 40.7 Å². The first-order valence-electron chi connectivity index (χ1n) is 10.2. The molecule has 0 saturated heterocycles. The van der Waals surface area contributed by atoms with Crippen LogP contribution in [0.3, 0.4) is 0 Å². The van der Waals surface area contributed by atoms with Crippen molar-refractivity contribution >= 4 is 34.1 Å². The number of aryl methyl sites for hydroxylation is 3. The predicted molar refractivity (Wildman–Crippen MR) is 120 cm³/mol. The Kier molecular flexibility index (Phi) is 6.35. The fourth-order valence-corrected chi connectivity index (χ4v) is 5.56. The SMILES string of the molecule is CCC(Sc1nc(Cc2ccccc2)c(C)[nH]1)C(=O)Nc1nc2c(s1)CCCC2. The molecule has 0 bridgehead atoms. The van der Waals surface area contributed by atoms with E-state index < -0.39 is 0 Å². The van der Waals surface area contributed by atoms with E-state index in [1.807, 2.05) is 32.0 Å². The van der Waals surface area contributed by atoms with Crippen LogP contribution in [0.1, 0.15) is 53.7 Å². The molecule has 0 spiro atoms. The van der Waals surface area contributed by atoms with Gasteiger partial charge in [-0.1, -0.05) is 49.0 Å². The molecule has 0 radical (unpaired) electrons. The topological polar surface area (TPSA) is 70.7 Å². The molecular weight excluding hydrogens is 400 g/mol. The number of anilines is 1. The molecule has 1 aromatic carbocycles. The van der Waals surface area contributed by atoms with Gasteiger partial charge in [-0.25, -0.2) is 9.97 Å². The van der Waals surface area contributed by atoms with Crippen LogP contribution in [0.25, 0.3) is 0 Å². The number of H-pyrrole nitrogens is 1. The van der Waals surface area contributed by atoms with E-state index in [0.29, 0.717) is 0 Å². The third-order valence-electron chi connectivity index (χ3n) is 5.17. The van der Waals surface area contributed by atoms with Gasteiger partial charge in [-0.2, -0.15) is 0 Å². The largest absolute Gasteiger partial charge is 0.337 e. The van der Waals surface area contributed by atoms with E-state index in [4.69, 9.17) is 4.98 Å². The fourth-order valence-electron chi connectivity index (χ4n) is 3.53. The number of nitrogens with one attached hydrogen (secondary N) is 2. The van der Waals surface area contributed by atoms with Gasteiger partial charge in [-0.15, -0.1) is 11.3 Å². The summed E-state index contributed by atoms with van der Waals surface area (Å²) in [5.41, 5.74) is 4.49. The number of nitrogens with zero attached hydrogens (tertiary/aromatic N) is 2. The zero-order chi connectivity index (χ0) is 20.2. The first kappa shape index (κ1) is 20.2. The van der Waals surface area contributed by atoms with Gasteiger partial charge in [-0.05, 0) is 44.6 Å². The molecule has 5 nitrogen and oxygen atoms in total. The number of fused-ring (bicyclic) bond motifs is 1. The van der Waals surface area contributed by atoms with E-state index in [1.54, 1.807) is 11.3 Å². The number of amides is 1. The number of carbonyl (C=O) groups is 1. The van der Waals surface area contributed by atoms with E-state index in [-0.39, 0.29) is 11.2 Å². The lowest BCUT2D eigenvalue weighted by Gasteiger charge is -2.11. The second-order valence-corrected chi connectivity index (χ2v) is 9.65. The number of aromatic nitrogens is 3. The van der Waals surface area contributed by atoms with Crippen LogP contribution in [0.2, 0.25) is 0 Å². The summed E-state index contributed by atoms with van der Waals surface area (Å²) < 4.78 is 0. The molecule has 2 heterocycles. The maximum Gasteiger partial charge on any atom is 0.239 e. The van der Waals surface area contributed by atoms with Gasteiger partial charge < -0.3 is 10.3 Å². The number of carbonyl (C=O) groups excluding carboxylic acids is 1. The standard InChI is InChI=1S/C22H26N4OS2/c1-3-18(20(27)26-22-24-16-11-7-8-12-19(16)29-22)28-21-23-14(2)17(25-21)13-15-9-5-4-6-10-15/h4-6,9-10,18H,3,7-8,11-13H2,1-2H3,(H,23,25)(H,24,26,27). The molecule has 2 aromatic heterocycles. The van der Waals surface area contributed by atoms with E-state index in [2.05, 4.69) is 27.4 Å². The summed E-state index contributed by atoms with van der Waals surface area (Å²) in [5, 5.41) is 4.37. The number of thiazole rings is 1. The van der Waals surface area contributed by atoms with Crippen molar-refractivity contribution in [3.63, 3.8) is 0 Å².